The summed E-state index contributed by atoms with van der Waals surface area (Å²) in [4.78, 5) is 49.7. The van der Waals surface area contributed by atoms with Crippen molar-refractivity contribution in [3.8, 4) is 38.7 Å². The number of phenols is 1. The van der Waals surface area contributed by atoms with Crippen molar-refractivity contribution < 1.29 is 24.3 Å². The zero-order chi connectivity index (χ0) is 43.9. The van der Waals surface area contributed by atoms with Crippen LogP contribution in [-0.2, 0) is 9.59 Å². The van der Waals surface area contributed by atoms with E-state index in [1.807, 2.05) is 75.7 Å². The maximum Gasteiger partial charge on any atom is 0.243 e. The number of fused-ring (bicyclic) bond motifs is 1. The van der Waals surface area contributed by atoms with E-state index >= 15 is 0 Å². The third-order valence-electron chi connectivity index (χ3n) is 12.1. The first-order chi connectivity index (χ1) is 30.4. The third kappa shape index (κ3) is 8.35. The number of hydrogen-bond acceptors (Lipinski definition) is 15. The third-order valence-corrected chi connectivity index (χ3v) is 14.3. The number of carbonyl (C=O) groups excluding carboxylic acids is 2. The number of anilines is 2. The van der Waals surface area contributed by atoms with Gasteiger partial charge in [-0.15, -0.1) is 21.5 Å². The molecule has 2 aliphatic rings. The number of nitrogens with zero attached hydrogens (tertiary/aromatic N) is 9. The summed E-state index contributed by atoms with van der Waals surface area (Å²) in [6.45, 7) is 12.9. The van der Waals surface area contributed by atoms with Crippen LogP contribution in [0.25, 0.3) is 43.2 Å². The molecular formula is C46H48N10O5S2. The van der Waals surface area contributed by atoms with Gasteiger partial charge >= 0.3 is 0 Å². The van der Waals surface area contributed by atoms with E-state index in [-0.39, 0.29) is 42.5 Å². The number of β-amino-alcohol motifs (C(OH)–C–C–N with tert-alkyl or cyclic N) is 1. The van der Waals surface area contributed by atoms with Gasteiger partial charge in [0, 0.05) is 74.1 Å². The fraction of sp³-hybridized carbons (Fsp3) is 0.348. The fourth-order valence-electron chi connectivity index (χ4n) is 8.54. The lowest BCUT2D eigenvalue weighted by Crippen LogP contribution is -2.48. The summed E-state index contributed by atoms with van der Waals surface area (Å²) in [5.41, 5.74) is 8.36. The Kier molecular flexibility index (Phi) is 11.6. The van der Waals surface area contributed by atoms with Crippen LogP contribution in [0, 0.1) is 19.8 Å². The van der Waals surface area contributed by atoms with Gasteiger partial charge in [-0.05, 0) is 61.6 Å². The van der Waals surface area contributed by atoms with Crippen LogP contribution in [0.3, 0.4) is 0 Å². The molecule has 5 aromatic heterocycles. The number of aromatic hydroxyl groups is 1. The number of carbonyl (C=O) groups is 2. The van der Waals surface area contributed by atoms with Crippen LogP contribution >= 0.6 is 22.7 Å². The van der Waals surface area contributed by atoms with E-state index in [4.69, 9.17) is 14.5 Å². The van der Waals surface area contributed by atoms with Gasteiger partial charge in [-0.3, -0.25) is 9.59 Å². The molecule has 2 amide bonds. The lowest BCUT2D eigenvalue weighted by Gasteiger charge is -2.35. The van der Waals surface area contributed by atoms with Gasteiger partial charge in [0.2, 0.25) is 17.8 Å². The van der Waals surface area contributed by atoms with Crippen molar-refractivity contribution in [3.05, 3.63) is 101 Å². The van der Waals surface area contributed by atoms with Crippen molar-refractivity contribution in [2.45, 2.75) is 65.1 Å². The number of amides is 2. The molecule has 0 aliphatic carbocycles. The molecular weight excluding hydrogens is 837 g/mol. The molecule has 0 unspecified atom stereocenters. The number of aliphatic hydroxyl groups is 1. The van der Waals surface area contributed by atoms with Crippen molar-refractivity contribution in [1.29, 1.82) is 0 Å². The van der Waals surface area contributed by atoms with Crippen LogP contribution in [-0.4, -0.2) is 102 Å². The quantitative estimate of drug-likeness (QED) is 0.119. The Balaban J connectivity index is 0.832. The number of phenolic OH excluding ortho intramolecular Hbond substituents is 1. The minimum atomic E-state index is -0.840. The van der Waals surface area contributed by atoms with Crippen molar-refractivity contribution in [3.63, 3.8) is 0 Å². The van der Waals surface area contributed by atoms with Crippen LogP contribution in [0.4, 0.5) is 10.9 Å². The standard InChI is InChI=1S/C46H48N10O5S2/c1-25(2)40(44(60)56-23-32(57)18-37(56)42(59)50-27(4)29-10-12-30(13-11-29)41-28(5)49-24-62-41)39-20-35(53-61-39)31-21-47-46(48-22-31)55-16-14-54(15-17-55)45-26(3)34-19-36(51-52-43(34)63-45)33-8-6-7-9-38(33)58/h6-13,19-22,24-25,27,32,37,40,57-58H,14-18,23H2,1-5H3,(H,50,59)/t27-,32+,37-,40+/m0/s1. The fourth-order valence-corrected chi connectivity index (χ4v) is 10.5. The Morgan fingerprint density at radius 3 is 2.32 bits per heavy atom. The molecule has 2 fully saturated rings. The molecule has 324 valence electrons. The van der Waals surface area contributed by atoms with Crippen molar-refractivity contribution in [2.75, 3.05) is 42.5 Å². The normalized spacial score (nSPS) is 17.7. The summed E-state index contributed by atoms with van der Waals surface area (Å²) in [6, 6.07) is 17.8. The van der Waals surface area contributed by atoms with Crippen LogP contribution in [0.2, 0.25) is 0 Å². The highest BCUT2D eigenvalue weighted by molar-refractivity contribution is 7.22. The summed E-state index contributed by atoms with van der Waals surface area (Å²) in [5, 5.41) is 39.6. The van der Waals surface area contributed by atoms with Crippen LogP contribution < -0.4 is 15.1 Å². The zero-order valence-corrected chi connectivity index (χ0v) is 37.2. The lowest BCUT2D eigenvalue weighted by atomic mass is 9.91. The number of piperazine rings is 1. The molecule has 7 aromatic rings. The predicted molar refractivity (Wildman–Crippen MR) is 244 cm³/mol. The van der Waals surface area contributed by atoms with Crippen LogP contribution in [0.15, 0.2) is 83.1 Å². The molecule has 2 aromatic carbocycles. The molecule has 0 spiro atoms. The average Bonchev–Trinajstić information content (AvgIpc) is 4.11. The Hall–Kier alpha value is -6.30. The zero-order valence-electron chi connectivity index (χ0n) is 35.6. The minimum absolute atomic E-state index is 0.0437. The molecule has 3 N–H and O–H groups in total. The molecule has 0 bridgehead atoms. The number of thiophene rings is 1. The number of hydrogen-bond donors (Lipinski definition) is 3. The number of thiazole rings is 1. The maximum absolute atomic E-state index is 14.3. The lowest BCUT2D eigenvalue weighted by molar-refractivity contribution is -0.141. The molecule has 17 heteroatoms. The van der Waals surface area contributed by atoms with Gasteiger partial charge in [-0.25, -0.2) is 15.0 Å². The highest BCUT2D eigenvalue weighted by Crippen LogP contribution is 2.40. The molecule has 4 atom stereocenters. The van der Waals surface area contributed by atoms with E-state index in [0.717, 1.165) is 68.7 Å². The highest BCUT2D eigenvalue weighted by atomic mass is 32.1. The molecule has 2 aliphatic heterocycles. The topological polar surface area (TPSA) is 187 Å². The van der Waals surface area contributed by atoms with Gasteiger partial charge in [0.05, 0.1) is 38.9 Å². The Labute approximate surface area is 372 Å². The number of aryl methyl sites for hydroxylation is 2. The SMILES string of the molecule is Cc1ncsc1-c1ccc([C@H](C)NC(=O)[C@@H]2C[C@@H](O)CN2C(=O)[C@@H](c2cc(-c3cnc(N4CCN(c5sc6nnc(-c7ccccc7O)cc6c5C)CC4)nc3)no2)C(C)C)cc1. The summed E-state index contributed by atoms with van der Waals surface area (Å²) >= 11 is 3.21. The highest BCUT2D eigenvalue weighted by Gasteiger charge is 2.43. The Morgan fingerprint density at radius 2 is 1.62 bits per heavy atom. The monoisotopic (exact) mass is 884 g/mol. The molecule has 0 radical (unpaired) electrons. The first kappa shape index (κ1) is 42.0. The minimum Gasteiger partial charge on any atom is -0.507 e. The van der Waals surface area contributed by atoms with Gasteiger partial charge in [0.1, 0.15) is 34.0 Å². The van der Waals surface area contributed by atoms with Crippen LogP contribution in [0.5, 0.6) is 5.75 Å². The summed E-state index contributed by atoms with van der Waals surface area (Å²) < 4.78 is 5.82. The van der Waals surface area contributed by atoms with Crippen LogP contribution in [0.1, 0.15) is 61.7 Å². The Morgan fingerprint density at radius 1 is 0.889 bits per heavy atom. The number of rotatable bonds is 11. The molecule has 63 heavy (non-hydrogen) atoms. The number of benzene rings is 2. The average molecular weight is 885 g/mol. The largest absolute Gasteiger partial charge is 0.507 e. The molecule has 2 saturated heterocycles. The predicted octanol–water partition coefficient (Wildman–Crippen LogP) is 7.15. The van der Waals surface area contributed by atoms with Crippen molar-refractivity contribution in [2.24, 2.45) is 5.92 Å². The Bertz CT molecular complexity index is 2760. The summed E-state index contributed by atoms with van der Waals surface area (Å²) in [7, 11) is 0. The number of aromatic nitrogens is 6. The summed E-state index contributed by atoms with van der Waals surface area (Å²) in [5.74, 6) is -0.401. The molecule has 0 saturated carbocycles. The van der Waals surface area contributed by atoms with E-state index in [1.54, 1.807) is 53.3 Å². The molecule has 15 nitrogen and oxygen atoms in total. The molecule has 9 rings (SSSR count). The van der Waals surface area contributed by atoms with E-state index in [0.29, 0.717) is 34.2 Å². The number of para-hydroxylation sites is 1. The van der Waals surface area contributed by atoms with Crippen molar-refractivity contribution in [1.82, 2.24) is 40.5 Å². The number of likely N-dealkylation sites (tertiary alicyclic amines) is 1. The van der Waals surface area contributed by atoms with E-state index in [1.165, 1.54) is 4.90 Å². The maximum atomic E-state index is 14.3. The van der Waals surface area contributed by atoms with Gasteiger partial charge in [0.25, 0.3) is 0 Å². The van der Waals surface area contributed by atoms with E-state index in [9.17, 15) is 19.8 Å². The van der Waals surface area contributed by atoms with Gasteiger partial charge in [-0.2, -0.15) is 0 Å². The number of nitrogens with one attached hydrogen (secondary N) is 1. The van der Waals surface area contributed by atoms with Gasteiger partial charge in [-0.1, -0.05) is 66.7 Å². The second-order valence-electron chi connectivity index (χ2n) is 16.6. The van der Waals surface area contributed by atoms with E-state index in [2.05, 4.69) is 42.4 Å². The number of aliphatic hydroxyl groups excluding tert-OH is 1. The summed E-state index contributed by atoms with van der Waals surface area (Å²) in [6.07, 6.45) is 2.73. The van der Waals surface area contributed by atoms with E-state index < -0.39 is 18.1 Å². The first-order valence-corrected chi connectivity index (χ1v) is 22.8. The second-order valence-corrected chi connectivity index (χ2v) is 18.4. The molecule has 7 heterocycles. The smallest absolute Gasteiger partial charge is 0.243 e. The van der Waals surface area contributed by atoms with Gasteiger partial charge < -0.3 is 34.8 Å². The second kappa shape index (κ2) is 17.5. The van der Waals surface area contributed by atoms with Crippen molar-refractivity contribution >= 4 is 55.7 Å². The van der Waals surface area contributed by atoms with Gasteiger partial charge in [0.15, 0.2) is 0 Å². The first-order valence-electron chi connectivity index (χ1n) is 21.1.